The van der Waals surface area contributed by atoms with Crippen molar-refractivity contribution >= 4 is 23.2 Å². The zero-order chi connectivity index (χ0) is 13.7. The summed E-state index contributed by atoms with van der Waals surface area (Å²) in [5.41, 5.74) is 6.55. The third kappa shape index (κ3) is 4.25. The van der Waals surface area contributed by atoms with Crippen molar-refractivity contribution in [1.29, 1.82) is 0 Å². The SMILES string of the molecule is NCc1cc(Cl)cc(Cl)c1OCCN1CCCCC1. The van der Waals surface area contributed by atoms with Gasteiger partial charge in [0.1, 0.15) is 12.4 Å². The number of nitrogens with two attached hydrogens (primary N) is 1. The van der Waals surface area contributed by atoms with Crippen LogP contribution in [0.1, 0.15) is 24.8 Å². The Kier molecular flexibility index (Phi) is 5.76. The van der Waals surface area contributed by atoms with E-state index in [0.29, 0.717) is 28.9 Å². The van der Waals surface area contributed by atoms with Gasteiger partial charge in [-0.1, -0.05) is 29.6 Å². The van der Waals surface area contributed by atoms with Crippen LogP contribution in [0.2, 0.25) is 10.0 Å². The molecule has 1 aromatic carbocycles. The lowest BCUT2D eigenvalue weighted by Crippen LogP contribution is -2.33. The summed E-state index contributed by atoms with van der Waals surface area (Å²) in [4.78, 5) is 2.43. The number of nitrogens with zero attached hydrogens (tertiary/aromatic N) is 1. The lowest BCUT2D eigenvalue weighted by molar-refractivity contribution is 0.183. The lowest BCUT2D eigenvalue weighted by Gasteiger charge is -2.26. The number of halogens is 2. The third-order valence-electron chi connectivity index (χ3n) is 3.41. The molecular formula is C14H20Cl2N2O. The van der Waals surface area contributed by atoms with E-state index in [9.17, 15) is 0 Å². The summed E-state index contributed by atoms with van der Waals surface area (Å²) in [5, 5.41) is 1.13. The van der Waals surface area contributed by atoms with Crippen molar-refractivity contribution in [1.82, 2.24) is 4.90 Å². The first-order chi connectivity index (χ1) is 9.20. The normalized spacial score (nSPS) is 16.6. The van der Waals surface area contributed by atoms with Gasteiger partial charge in [0.05, 0.1) is 5.02 Å². The number of benzene rings is 1. The van der Waals surface area contributed by atoms with Gasteiger partial charge in [-0.05, 0) is 38.1 Å². The second kappa shape index (κ2) is 7.34. The second-order valence-corrected chi connectivity index (χ2v) is 5.67. The van der Waals surface area contributed by atoms with E-state index in [0.717, 1.165) is 12.1 Å². The Morgan fingerprint density at radius 1 is 1.16 bits per heavy atom. The largest absolute Gasteiger partial charge is 0.490 e. The van der Waals surface area contributed by atoms with E-state index >= 15 is 0 Å². The summed E-state index contributed by atoms with van der Waals surface area (Å²) in [6.07, 6.45) is 3.92. The topological polar surface area (TPSA) is 38.5 Å². The summed E-state index contributed by atoms with van der Waals surface area (Å²) >= 11 is 12.1. The number of hydrogen-bond acceptors (Lipinski definition) is 3. The minimum atomic E-state index is 0.374. The highest BCUT2D eigenvalue weighted by Gasteiger charge is 2.12. The molecule has 0 spiro atoms. The molecule has 0 amide bonds. The Bertz CT molecular complexity index is 420. The molecule has 0 radical (unpaired) electrons. The molecular weight excluding hydrogens is 283 g/mol. The maximum atomic E-state index is 6.16. The molecule has 1 aliphatic rings. The second-order valence-electron chi connectivity index (χ2n) is 4.83. The van der Waals surface area contributed by atoms with Gasteiger partial charge in [-0.3, -0.25) is 4.90 Å². The van der Waals surface area contributed by atoms with Crippen molar-refractivity contribution < 1.29 is 4.74 Å². The monoisotopic (exact) mass is 302 g/mol. The first kappa shape index (κ1) is 14.9. The van der Waals surface area contributed by atoms with E-state index in [1.54, 1.807) is 6.07 Å². The smallest absolute Gasteiger partial charge is 0.142 e. The molecule has 0 unspecified atom stereocenters. The fourth-order valence-corrected chi connectivity index (χ4v) is 2.98. The van der Waals surface area contributed by atoms with Gasteiger partial charge in [-0.15, -0.1) is 0 Å². The van der Waals surface area contributed by atoms with Gasteiger partial charge in [-0.2, -0.15) is 0 Å². The molecule has 2 N–H and O–H groups in total. The maximum Gasteiger partial charge on any atom is 0.142 e. The molecule has 0 atom stereocenters. The zero-order valence-electron chi connectivity index (χ0n) is 11.0. The highest BCUT2D eigenvalue weighted by Crippen LogP contribution is 2.32. The van der Waals surface area contributed by atoms with Crippen molar-refractivity contribution in [2.45, 2.75) is 25.8 Å². The van der Waals surface area contributed by atoms with Gasteiger partial charge in [0.2, 0.25) is 0 Å². The van der Waals surface area contributed by atoms with Crippen molar-refractivity contribution in [2.75, 3.05) is 26.2 Å². The van der Waals surface area contributed by atoms with E-state index < -0.39 is 0 Å². The molecule has 2 rings (SSSR count). The minimum absolute atomic E-state index is 0.374. The van der Waals surface area contributed by atoms with Crippen LogP contribution in [0.25, 0.3) is 0 Å². The van der Waals surface area contributed by atoms with E-state index in [-0.39, 0.29) is 0 Å². The highest BCUT2D eigenvalue weighted by molar-refractivity contribution is 6.35. The van der Waals surface area contributed by atoms with Gasteiger partial charge in [0.15, 0.2) is 0 Å². The van der Waals surface area contributed by atoms with Crippen LogP contribution in [0.3, 0.4) is 0 Å². The van der Waals surface area contributed by atoms with Gasteiger partial charge in [0.25, 0.3) is 0 Å². The van der Waals surface area contributed by atoms with Crippen LogP contribution >= 0.6 is 23.2 Å². The maximum absolute atomic E-state index is 6.16. The van der Waals surface area contributed by atoms with Crippen molar-refractivity contribution in [3.63, 3.8) is 0 Å². The zero-order valence-corrected chi connectivity index (χ0v) is 12.5. The Labute approximate surface area is 124 Å². The molecule has 1 fully saturated rings. The quantitative estimate of drug-likeness (QED) is 0.907. The Hall–Kier alpha value is -0.480. The predicted molar refractivity (Wildman–Crippen MR) is 80.1 cm³/mol. The van der Waals surface area contributed by atoms with Crippen molar-refractivity contribution in [3.05, 3.63) is 27.7 Å². The first-order valence-corrected chi connectivity index (χ1v) is 7.49. The van der Waals surface area contributed by atoms with E-state index in [4.69, 9.17) is 33.7 Å². The molecule has 5 heteroatoms. The van der Waals surface area contributed by atoms with Crippen LogP contribution in [0.5, 0.6) is 5.75 Å². The number of ether oxygens (including phenoxy) is 1. The molecule has 1 heterocycles. The molecule has 0 aliphatic carbocycles. The van der Waals surface area contributed by atoms with Crippen molar-refractivity contribution in [2.24, 2.45) is 5.73 Å². The fraction of sp³-hybridized carbons (Fsp3) is 0.571. The molecule has 1 aromatic rings. The number of likely N-dealkylation sites (tertiary alicyclic amines) is 1. The summed E-state index contributed by atoms with van der Waals surface area (Å²) in [6, 6.07) is 3.50. The molecule has 3 nitrogen and oxygen atoms in total. The minimum Gasteiger partial charge on any atom is -0.490 e. The van der Waals surface area contributed by atoms with Crippen LogP contribution in [0, 0.1) is 0 Å². The molecule has 19 heavy (non-hydrogen) atoms. The lowest BCUT2D eigenvalue weighted by atomic mass is 10.1. The van der Waals surface area contributed by atoms with Gasteiger partial charge in [0, 0.05) is 23.7 Å². The number of piperidine rings is 1. The van der Waals surface area contributed by atoms with Crippen LogP contribution in [0.15, 0.2) is 12.1 Å². The Morgan fingerprint density at radius 3 is 2.58 bits per heavy atom. The van der Waals surface area contributed by atoms with Gasteiger partial charge in [-0.25, -0.2) is 0 Å². The van der Waals surface area contributed by atoms with Gasteiger partial charge < -0.3 is 10.5 Å². The number of hydrogen-bond donors (Lipinski definition) is 1. The molecule has 0 saturated carbocycles. The standard InChI is InChI=1S/C14H20Cl2N2O/c15-12-8-11(10-17)14(13(16)9-12)19-7-6-18-4-2-1-3-5-18/h8-9H,1-7,10,17H2. The van der Waals surface area contributed by atoms with Crippen LogP contribution in [0.4, 0.5) is 0 Å². The molecule has 106 valence electrons. The molecule has 1 aliphatic heterocycles. The van der Waals surface area contributed by atoms with Crippen LogP contribution in [-0.2, 0) is 6.54 Å². The summed E-state index contributed by atoms with van der Waals surface area (Å²) < 4.78 is 5.80. The van der Waals surface area contributed by atoms with Crippen molar-refractivity contribution in [3.8, 4) is 5.75 Å². The van der Waals surface area contributed by atoms with Crippen LogP contribution < -0.4 is 10.5 Å². The van der Waals surface area contributed by atoms with E-state index in [1.165, 1.54) is 32.4 Å². The molecule has 0 aromatic heterocycles. The first-order valence-electron chi connectivity index (χ1n) is 6.74. The Morgan fingerprint density at radius 2 is 1.89 bits per heavy atom. The molecule has 0 bridgehead atoms. The predicted octanol–water partition coefficient (Wildman–Crippen LogP) is 3.32. The average Bonchev–Trinajstić information content (AvgIpc) is 2.42. The summed E-state index contributed by atoms with van der Waals surface area (Å²) in [6.45, 7) is 4.28. The summed E-state index contributed by atoms with van der Waals surface area (Å²) in [7, 11) is 0. The van der Waals surface area contributed by atoms with E-state index in [2.05, 4.69) is 4.90 Å². The Balaban J connectivity index is 1.91. The third-order valence-corrected chi connectivity index (χ3v) is 3.91. The number of rotatable bonds is 5. The van der Waals surface area contributed by atoms with Gasteiger partial charge >= 0.3 is 0 Å². The average molecular weight is 303 g/mol. The van der Waals surface area contributed by atoms with Crippen LogP contribution in [-0.4, -0.2) is 31.1 Å². The van der Waals surface area contributed by atoms with E-state index in [1.807, 2.05) is 6.07 Å². The fourth-order valence-electron chi connectivity index (χ4n) is 2.39. The summed E-state index contributed by atoms with van der Waals surface area (Å²) in [5.74, 6) is 0.672. The highest BCUT2D eigenvalue weighted by atomic mass is 35.5. The molecule has 1 saturated heterocycles.